The van der Waals surface area contributed by atoms with Gasteiger partial charge >= 0.3 is 6.09 Å². The van der Waals surface area contributed by atoms with E-state index in [0.717, 1.165) is 24.1 Å². The van der Waals surface area contributed by atoms with Crippen LogP contribution in [0.5, 0.6) is 0 Å². The van der Waals surface area contributed by atoms with Crippen LogP contribution in [0, 0.1) is 5.82 Å². The first-order valence-corrected chi connectivity index (χ1v) is 6.91. The molecule has 0 unspecified atom stereocenters. The van der Waals surface area contributed by atoms with Crippen LogP contribution in [0.1, 0.15) is 18.9 Å². The number of imidazole rings is 1. The molecular weight excluding hydrogens is 273 g/mol. The molecule has 0 bridgehead atoms. The number of halogens is 1. The van der Waals surface area contributed by atoms with Crippen molar-refractivity contribution in [2.45, 2.75) is 18.9 Å². The first kappa shape index (κ1) is 13.6. The Morgan fingerprint density at radius 2 is 2.10 bits per heavy atom. The Balaban J connectivity index is 1.73. The minimum Gasteiger partial charge on any atom is -0.465 e. The molecule has 1 saturated heterocycles. The van der Waals surface area contributed by atoms with Gasteiger partial charge in [-0.1, -0.05) is 12.1 Å². The summed E-state index contributed by atoms with van der Waals surface area (Å²) in [6.07, 6.45) is 4.31. The molecule has 0 saturated carbocycles. The van der Waals surface area contributed by atoms with Crippen molar-refractivity contribution in [1.29, 1.82) is 0 Å². The monoisotopic (exact) mass is 289 g/mol. The molecule has 2 heterocycles. The minimum absolute atomic E-state index is 0.246. The summed E-state index contributed by atoms with van der Waals surface area (Å²) in [6.45, 7) is 1.07. The number of piperidine rings is 1. The van der Waals surface area contributed by atoms with Gasteiger partial charge in [-0.15, -0.1) is 0 Å². The topological polar surface area (TPSA) is 58.4 Å². The molecule has 3 rings (SSSR count). The molecule has 0 aliphatic carbocycles. The third kappa shape index (κ3) is 2.89. The Labute approximate surface area is 121 Å². The van der Waals surface area contributed by atoms with Crippen LogP contribution in [0.4, 0.5) is 9.18 Å². The molecule has 1 aromatic carbocycles. The lowest BCUT2D eigenvalue weighted by Crippen LogP contribution is -2.37. The van der Waals surface area contributed by atoms with Gasteiger partial charge in [-0.2, -0.15) is 0 Å². The number of amides is 1. The lowest BCUT2D eigenvalue weighted by molar-refractivity contribution is 0.125. The number of nitrogens with zero attached hydrogens (tertiary/aromatic N) is 3. The van der Waals surface area contributed by atoms with Gasteiger partial charge < -0.3 is 14.6 Å². The van der Waals surface area contributed by atoms with E-state index in [2.05, 4.69) is 4.98 Å². The number of likely N-dealkylation sites (tertiary alicyclic amines) is 1. The van der Waals surface area contributed by atoms with Gasteiger partial charge in [-0.05, 0) is 25.0 Å². The van der Waals surface area contributed by atoms with Crippen molar-refractivity contribution in [3.05, 3.63) is 42.6 Å². The molecule has 0 atom stereocenters. The second kappa shape index (κ2) is 5.55. The van der Waals surface area contributed by atoms with E-state index >= 15 is 0 Å². The largest absolute Gasteiger partial charge is 0.465 e. The van der Waals surface area contributed by atoms with Crippen LogP contribution < -0.4 is 0 Å². The van der Waals surface area contributed by atoms with Gasteiger partial charge in [0.1, 0.15) is 5.82 Å². The van der Waals surface area contributed by atoms with E-state index < -0.39 is 6.09 Å². The molecule has 21 heavy (non-hydrogen) atoms. The van der Waals surface area contributed by atoms with Crippen LogP contribution in [0.2, 0.25) is 0 Å². The Hall–Kier alpha value is -2.37. The summed E-state index contributed by atoms with van der Waals surface area (Å²) in [5, 5.41) is 8.95. The van der Waals surface area contributed by atoms with Crippen LogP contribution in [-0.4, -0.2) is 38.7 Å². The van der Waals surface area contributed by atoms with Crippen molar-refractivity contribution < 1.29 is 14.3 Å². The molecule has 1 N–H and O–H groups in total. The number of rotatable bonds is 2. The van der Waals surface area contributed by atoms with Crippen LogP contribution >= 0.6 is 0 Å². The zero-order chi connectivity index (χ0) is 14.8. The molecule has 0 radical (unpaired) electrons. The van der Waals surface area contributed by atoms with Crippen LogP contribution in [0.15, 0.2) is 36.8 Å². The van der Waals surface area contributed by atoms with Crippen molar-refractivity contribution in [2.75, 3.05) is 13.1 Å². The average molecular weight is 289 g/mol. The summed E-state index contributed by atoms with van der Waals surface area (Å²) in [4.78, 5) is 16.6. The quantitative estimate of drug-likeness (QED) is 0.924. The van der Waals surface area contributed by atoms with E-state index in [1.165, 1.54) is 17.0 Å². The number of hydrogen-bond acceptors (Lipinski definition) is 2. The van der Waals surface area contributed by atoms with E-state index in [-0.39, 0.29) is 11.9 Å². The molecule has 1 aromatic heterocycles. The average Bonchev–Trinajstić information content (AvgIpc) is 2.97. The molecule has 0 spiro atoms. The first-order valence-electron chi connectivity index (χ1n) is 6.91. The Morgan fingerprint density at radius 3 is 2.76 bits per heavy atom. The summed E-state index contributed by atoms with van der Waals surface area (Å²) in [6, 6.07) is 6.59. The van der Waals surface area contributed by atoms with Gasteiger partial charge in [0, 0.05) is 30.9 Å². The third-order valence-corrected chi connectivity index (χ3v) is 3.88. The molecule has 1 aliphatic heterocycles. The van der Waals surface area contributed by atoms with Crippen molar-refractivity contribution >= 4 is 6.09 Å². The lowest BCUT2D eigenvalue weighted by atomic mass is 10.1. The van der Waals surface area contributed by atoms with Gasteiger partial charge in [0.2, 0.25) is 0 Å². The first-order chi connectivity index (χ1) is 10.1. The fourth-order valence-electron chi connectivity index (χ4n) is 2.69. The highest BCUT2D eigenvalue weighted by molar-refractivity contribution is 5.65. The van der Waals surface area contributed by atoms with E-state index in [1.807, 2.05) is 16.8 Å². The van der Waals surface area contributed by atoms with Crippen LogP contribution in [0.3, 0.4) is 0 Å². The highest BCUT2D eigenvalue weighted by atomic mass is 19.1. The summed E-state index contributed by atoms with van der Waals surface area (Å²) < 4.78 is 15.2. The van der Waals surface area contributed by atoms with Crippen molar-refractivity contribution in [3.8, 4) is 11.3 Å². The highest BCUT2D eigenvalue weighted by Crippen LogP contribution is 2.25. The molecule has 5 nitrogen and oxygen atoms in total. The fraction of sp³-hybridized carbons (Fsp3) is 0.333. The summed E-state index contributed by atoms with van der Waals surface area (Å²) in [5.74, 6) is -0.281. The van der Waals surface area contributed by atoms with E-state index in [9.17, 15) is 9.18 Å². The Kier molecular flexibility index (Phi) is 3.60. The van der Waals surface area contributed by atoms with Gasteiger partial charge in [0.15, 0.2) is 0 Å². The highest BCUT2D eigenvalue weighted by Gasteiger charge is 2.23. The van der Waals surface area contributed by atoms with Crippen molar-refractivity contribution in [2.24, 2.45) is 0 Å². The summed E-state index contributed by atoms with van der Waals surface area (Å²) in [5.41, 5.74) is 1.48. The Morgan fingerprint density at radius 1 is 1.33 bits per heavy atom. The molecule has 2 aromatic rings. The number of benzene rings is 1. The number of carbonyl (C=O) groups is 1. The van der Waals surface area contributed by atoms with Gasteiger partial charge in [0.25, 0.3) is 0 Å². The molecule has 1 aliphatic rings. The second-order valence-electron chi connectivity index (χ2n) is 5.22. The van der Waals surface area contributed by atoms with Gasteiger partial charge in [0.05, 0.1) is 12.0 Å². The third-order valence-electron chi connectivity index (χ3n) is 3.88. The van der Waals surface area contributed by atoms with Crippen LogP contribution in [0.25, 0.3) is 11.3 Å². The smallest absolute Gasteiger partial charge is 0.407 e. The number of carboxylic acid groups (broad SMARTS) is 1. The Bertz CT molecular complexity index is 648. The maximum atomic E-state index is 13.2. The summed E-state index contributed by atoms with van der Waals surface area (Å²) >= 11 is 0. The predicted octanol–water partition coefficient (Wildman–Crippen LogP) is 3.00. The SMILES string of the molecule is O=C(O)N1CCC(n2cnc(-c3cccc(F)c3)c2)CC1. The standard InChI is InChI=1S/C15H16FN3O2/c16-12-3-1-2-11(8-12)14-9-19(10-17-14)13-4-6-18(7-5-13)15(20)21/h1-3,8-10,13H,4-7H2,(H,20,21). The summed E-state index contributed by atoms with van der Waals surface area (Å²) in [7, 11) is 0. The van der Waals surface area contributed by atoms with Crippen molar-refractivity contribution in [3.63, 3.8) is 0 Å². The molecule has 6 heteroatoms. The zero-order valence-electron chi connectivity index (χ0n) is 11.4. The maximum Gasteiger partial charge on any atom is 0.407 e. The zero-order valence-corrected chi connectivity index (χ0v) is 11.4. The fourth-order valence-corrected chi connectivity index (χ4v) is 2.69. The van der Waals surface area contributed by atoms with E-state index in [1.54, 1.807) is 12.4 Å². The predicted molar refractivity (Wildman–Crippen MR) is 75.5 cm³/mol. The van der Waals surface area contributed by atoms with Gasteiger partial charge in [-0.25, -0.2) is 14.2 Å². The van der Waals surface area contributed by atoms with Crippen molar-refractivity contribution in [1.82, 2.24) is 14.5 Å². The number of hydrogen-bond donors (Lipinski definition) is 1. The second-order valence-corrected chi connectivity index (χ2v) is 5.22. The normalized spacial score (nSPS) is 16.1. The molecule has 110 valence electrons. The molecular formula is C15H16FN3O2. The number of aromatic nitrogens is 2. The van der Waals surface area contributed by atoms with E-state index in [4.69, 9.17) is 5.11 Å². The molecule has 1 fully saturated rings. The van der Waals surface area contributed by atoms with Gasteiger partial charge in [-0.3, -0.25) is 0 Å². The van der Waals surface area contributed by atoms with E-state index in [0.29, 0.717) is 13.1 Å². The lowest BCUT2D eigenvalue weighted by Gasteiger charge is -2.30. The molecule has 1 amide bonds. The van der Waals surface area contributed by atoms with Crippen LogP contribution in [-0.2, 0) is 0 Å². The minimum atomic E-state index is -0.862. The maximum absolute atomic E-state index is 13.2.